The van der Waals surface area contributed by atoms with Crippen LogP contribution in [0.1, 0.15) is 35.6 Å². The summed E-state index contributed by atoms with van der Waals surface area (Å²) in [6.07, 6.45) is 0. The Balaban J connectivity index is 1.70. The van der Waals surface area contributed by atoms with Crippen molar-refractivity contribution in [3.63, 3.8) is 0 Å². The van der Waals surface area contributed by atoms with Crippen LogP contribution in [0.2, 0.25) is 0 Å². The molecule has 1 aliphatic rings. The molecule has 7 nitrogen and oxygen atoms in total. The topological polar surface area (TPSA) is 74.7 Å². The number of amides is 3. The number of aryl methyl sites for hydroxylation is 1. The van der Waals surface area contributed by atoms with Gasteiger partial charge in [-0.2, -0.15) is 0 Å². The van der Waals surface area contributed by atoms with Crippen molar-refractivity contribution >= 4 is 33.7 Å². The van der Waals surface area contributed by atoms with E-state index >= 15 is 0 Å². The van der Waals surface area contributed by atoms with Gasteiger partial charge in [0, 0.05) is 53.8 Å². The van der Waals surface area contributed by atoms with Crippen LogP contribution in [0, 0.1) is 13.8 Å². The van der Waals surface area contributed by atoms with Crippen molar-refractivity contribution < 1.29 is 14.4 Å². The summed E-state index contributed by atoms with van der Waals surface area (Å²) in [6, 6.07) is 9.77. The first kappa shape index (κ1) is 22.1. The molecule has 2 heterocycles. The normalized spacial score (nSPS) is 14.2. The summed E-state index contributed by atoms with van der Waals surface area (Å²) in [4.78, 5) is 40.6. The van der Waals surface area contributed by atoms with E-state index in [4.69, 9.17) is 0 Å². The Morgan fingerprint density at radius 2 is 1.53 bits per heavy atom. The molecule has 3 amide bonds. The molecule has 1 aliphatic heterocycles. The Labute approximate surface area is 185 Å². The Kier molecular flexibility index (Phi) is 6.65. The molecule has 1 aromatic heterocycles. The van der Waals surface area contributed by atoms with Gasteiger partial charge < -0.3 is 19.7 Å². The summed E-state index contributed by atoms with van der Waals surface area (Å²) in [5.74, 6) is -1.18. The average Bonchev–Trinajstić information content (AvgIpc) is 3.01. The SMILES string of the molecule is Cc1cc(C(=O)N2CCN(C(=O)C(=O)NC(C)C)CC2)c(C)n1-c1ccc(Br)cc1. The molecule has 1 aromatic carbocycles. The number of halogens is 1. The van der Waals surface area contributed by atoms with E-state index in [2.05, 4.69) is 25.8 Å². The highest BCUT2D eigenvalue weighted by molar-refractivity contribution is 9.10. The third kappa shape index (κ3) is 4.59. The molecular formula is C22H27BrN4O3. The zero-order chi connectivity index (χ0) is 22.0. The van der Waals surface area contributed by atoms with Gasteiger partial charge in [-0.05, 0) is 58.0 Å². The molecule has 0 spiro atoms. The highest BCUT2D eigenvalue weighted by Crippen LogP contribution is 2.24. The van der Waals surface area contributed by atoms with E-state index in [1.54, 1.807) is 4.90 Å². The van der Waals surface area contributed by atoms with Gasteiger partial charge in [-0.15, -0.1) is 0 Å². The molecule has 1 fully saturated rings. The molecule has 0 radical (unpaired) electrons. The lowest BCUT2D eigenvalue weighted by molar-refractivity contribution is -0.147. The maximum Gasteiger partial charge on any atom is 0.312 e. The fourth-order valence-corrected chi connectivity index (χ4v) is 3.98. The second-order valence-corrected chi connectivity index (χ2v) is 8.72. The van der Waals surface area contributed by atoms with Crippen LogP contribution < -0.4 is 5.32 Å². The number of nitrogens with one attached hydrogen (secondary N) is 1. The van der Waals surface area contributed by atoms with Crippen LogP contribution in [0.5, 0.6) is 0 Å². The number of hydrogen-bond donors (Lipinski definition) is 1. The first-order valence-electron chi connectivity index (χ1n) is 10.0. The van der Waals surface area contributed by atoms with E-state index in [0.29, 0.717) is 31.7 Å². The van der Waals surface area contributed by atoms with Crippen molar-refractivity contribution in [1.29, 1.82) is 0 Å². The number of hydrogen-bond acceptors (Lipinski definition) is 3. The van der Waals surface area contributed by atoms with Crippen LogP contribution in [-0.2, 0) is 9.59 Å². The number of nitrogens with zero attached hydrogens (tertiary/aromatic N) is 3. The summed E-state index contributed by atoms with van der Waals surface area (Å²) >= 11 is 3.45. The smallest absolute Gasteiger partial charge is 0.312 e. The van der Waals surface area contributed by atoms with Gasteiger partial charge in [0.15, 0.2) is 0 Å². The first-order valence-corrected chi connectivity index (χ1v) is 10.8. The molecule has 0 bridgehead atoms. The predicted molar refractivity (Wildman–Crippen MR) is 119 cm³/mol. The van der Waals surface area contributed by atoms with Crippen LogP contribution in [-0.4, -0.2) is 64.3 Å². The molecule has 8 heteroatoms. The molecular weight excluding hydrogens is 448 g/mol. The van der Waals surface area contributed by atoms with Crippen molar-refractivity contribution in [1.82, 2.24) is 19.7 Å². The third-order valence-corrected chi connectivity index (χ3v) is 5.74. The van der Waals surface area contributed by atoms with Crippen LogP contribution in [0.15, 0.2) is 34.8 Å². The van der Waals surface area contributed by atoms with Gasteiger partial charge in [-0.1, -0.05) is 15.9 Å². The maximum atomic E-state index is 13.1. The van der Waals surface area contributed by atoms with Crippen LogP contribution in [0.4, 0.5) is 0 Å². The van der Waals surface area contributed by atoms with Gasteiger partial charge in [0.05, 0.1) is 5.56 Å². The Bertz CT molecular complexity index is 958. The van der Waals surface area contributed by atoms with E-state index in [9.17, 15) is 14.4 Å². The maximum absolute atomic E-state index is 13.1. The molecule has 1 saturated heterocycles. The van der Waals surface area contributed by atoms with E-state index in [1.165, 1.54) is 4.90 Å². The molecule has 0 aliphatic carbocycles. The lowest BCUT2D eigenvalue weighted by Crippen LogP contribution is -2.54. The van der Waals surface area contributed by atoms with E-state index in [1.807, 2.05) is 58.0 Å². The van der Waals surface area contributed by atoms with Crippen molar-refractivity contribution in [3.8, 4) is 5.69 Å². The minimum Gasteiger partial charge on any atom is -0.346 e. The van der Waals surface area contributed by atoms with Gasteiger partial charge in [0.2, 0.25) is 0 Å². The summed E-state index contributed by atoms with van der Waals surface area (Å²) in [6.45, 7) is 9.05. The van der Waals surface area contributed by atoms with Crippen LogP contribution >= 0.6 is 15.9 Å². The van der Waals surface area contributed by atoms with E-state index in [0.717, 1.165) is 21.5 Å². The van der Waals surface area contributed by atoms with Gasteiger partial charge in [-0.25, -0.2) is 0 Å². The van der Waals surface area contributed by atoms with Crippen molar-refractivity contribution in [2.45, 2.75) is 33.7 Å². The zero-order valence-electron chi connectivity index (χ0n) is 17.7. The Morgan fingerprint density at radius 1 is 0.967 bits per heavy atom. The number of benzene rings is 1. The van der Waals surface area contributed by atoms with E-state index < -0.39 is 11.8 Å². The van der Waals surface area contributed by atoms with Crippen molar-refractivity contribution in [2.24, 2.45) is 0 Å². The van der Waals surface area contributed by atoms with Gasteiger partial charge in [0.25, 0.3) is 5.91 Å². The third-order valence-electron chi connectivity index (χ3n) is 5.21. The van der Waals surface area contributed by atoms with Crippen LogP contribution in [0.25, 0.3) is 5.69 Å². The largest absolute Gasteiger partial charge is 0.346 e. The number of carbonyl (C=O) groups excluding carboxylic acids is 3. The minimum atomic E-state index is -0.595. The number of carbonyl (C=O) groups is 3. The molecule has 30 heavy (non-hydrogen) atoms. The lowest BCUT2D eigenvalue weighted by Gasteiger charge is -2.34. The summed E-state index contributed by atoms with van der Waals surface area (Å²) in [5, 5.41) is 2.62. The monoisotopic (exact) mass is 474 g/mol. The number of piperazine rings is 1. The molecule has 2 aromatic rings. The minimum absolute atomic E-state index is 0.0507. The van der Waals surface area contributed by atoms with Gasteiger partial charge in [-0.3, -0.25) is 14.4 Å². The fraction of sp³-hybridized carbons (Fsp3) is 0.409. The quantitative estimate of drug-likeness (QED) is 0.694. The first-order chi connectivity index (χ1) is 14.2. The zero-order valence-corrected chi connectivity index (χ0v) is 19.3. The molecule has 160 valence electrons. The second-order valence-electron chi connectivity index (χ2n) is 7.81. The van der Waals surface area contributed by atoms with Crippen molar-refractivity contribution in [3.05, 3.63) is 51.8 Å². The average molecular weight is 475 g/mol. The molecule has 1 N–H and O–H groups in total. The van der Waals surface area contributed by atoms with Crippen LogP contribution in [0.3, 0.4) is 0 Å². The van der Waals surface area contributed by atoms with Gasteiger partial charge >= 0.3 is 11.8 Å². The summed E-state index contributed by atoms with van der Waals surface area (Å²) in [7, 11) is 0. The van der Waals surface area contributed by atoms with E-state index in [-0.39, 0.29) is 11.9 Å². The highest BCUT2D eigenvalue weighted by Gasteiger charge is 2.29. The molecule has 0 saturated carbocycles. The molecule has 0 atom stereocenters. The highest BCUT2D eigenvalue weighted by atomic mass is 79.9. The Morgan fingerprint density at radius 3 is 2.10 bits per heavy atom. The predicted octanol–water partition coefficient (Wildman–Crippen LogP) is 2.67. The number of rotatable bonds is 3. The summed E-state index contributed by atoms with van der Waals surface area (Å²) < 4.78 is 3.06. The summed E-state index contributed by atoms with van der Waals surface area (Å²) in [5.41, 5.74) is 3.53. The lowest BCUT2D eigenvalue weighted by atomic mass is 10.2. The van der Waals surface area contributed by atoms with Crippen molar-refractivity contribution in [2.75, 3.05) is 26.2 Å². The Hall–Kier alpha value is -2.61. The molecule has 0 unspecified atom stereocenters. The standard InChI is InChI=1S/C22H27BrN4O3/c1-14(2)24-20(28)22(30)26-11-9-25(10-12-26)21(29)19-13-15(3)27(16(19)4)18-7-5-17(23)6-8-18/h5-8,13-14H,9-12H2,1-4H3,(H,24,28). The number of aromatic nitrogens is 1. The fourth-order valence-electron chi connectivity index (χ4n) is 3.72. The second kappa shape index (κ2) is 9.04. The molecule has 3 rings (SSSR count). The van der Waals surface area contributed by atoms with Gasteiger partial charge in [0.1, 0.15) is 0 Å².